The van der Waals surface area contributed by atoms with E-state index in [-0.39, 0.29) is 10.6 Å². The molecule has 9 nitrogen and oxygen atoms in total. The van der Waals surface area contributed by atoms with E-state index < -0.39 is 33.1 Å². The van der Waals surface area contributed by atoms with Gasteiger partial charge < -0.3 is 0 Å². The Morgan fingerprint density at radius 3 is 2.33 bits per heavy atom. The molecule has 0 fully saturated rings. The van der Waals surface area contributed by atoms with Gasteiger partial charge in [-0.1, -0.05) is 42.5 Å². The molecule has 0 spiro atoms. The lowest BCUT2D eigenvalue weighted by Crippen LogP contribution is -2.39. The normalized spacial score (nSPS) is 11.3. The molecule has 0 radical (unpaired) electrons. The number of nitrogens with zero attached hydrogens (tertiary/aromatic N) is 3. The van der Waals surface area contributed by atoms with Crippen molar-refractivity contribution in [2.45, 2.75) is 9.79 Å². The van der Waals surface area contributed by atoms with Crippen LogP contribution in [0.4, 0.5) is 11.4 Å². The third kappa shape index (κ3) is 5.96. The van der Waals surface area contributed by atoms with E-state index in [1.165, 1.54) is 54.7 Å². The molecule has 0 saturated heterocycles. The third-order valence-corrected chi connectivity index (χ3v) is 7.00. The average Bonchev–Trinajstić information content (AvgIpc) is 2.83. The van der Waals surface area contributed by atoms with Gasteiger partial charge in [-0.15, -0.1) is 11.8 Å². The van der Waals surface area contributed by atoms with Crippen molar-refractivity contribution >= 4 is 45.3 Å². The summed E-state index contributed by atoms with van der Waals surface area (Å²) in [5.41, 5.74) is 2.35. The SMILES string of the molecule is CSc1ccc(/C=N\NC(=O)CN(c2ccccc2[N+](=O)[O-])S(=O)(=O)c2ccccc2)cc1. The van der Waals surface area contributed by atoms with Gasteiger partial charge in [-0.05, 0) is 42.2 Å². The van der Waals surface area contributed by atoms with E-state index in [9.17, 15) is 23.3 Å². The number of nitro groups is 1. The second kappa shape index (κ2) is 10.7. The van der Waals surface area contributed by atoms with E-state index in [1.807, 2.05) is 30.5 Å². The van der Waals surface area contributed by atoms with E-state index in [4.69, 9.17) is 0 Å². The highest BCUT2D eigenvalue weighted by molar-refractivity contribution is 7.98. The second-order valence-corrected chi connectivity index (χ2v) is 9.38. The molecule has 0 aliphatic heterocycles. The standard InChI is InChI=1S/C22H20N4O5S2/c1-32-18-13-11-17(12-14-18)15-23-24-22(27)16-25(20-9-5-6-10-21(20)26(28)29)33(30,31)19-7-3-2-4-8-19/h2-15H,16H2,1H3,(H,24,27)/b23-15-. The Balaban J connectivity index is 1.88. The van der Waals surface area contributed by atoms with Crippen molar-refractivity contribution in [1.82, 2.24) is 5.43 Å². The van der Waals surface area contributed by atoms with Gasteiger partial charge in [0.2, 0.25) is 0 Å². The first-order valence-corrected chi connectivity index (χ1v) is 12.3. The van der Waals surface area contributed by atoms with Crippen LogP contribution in [0, 0.1) is 10.1 Å². The van der Waals surface area contributed by atoms with Gasteiger partial charge in [0, 0.05) is 11.0 Å². The molecule has 11 heteroatoms. The molecule has 0 aliphatic rings. The van der Waals surface area contributed by atoms with Crippen LogP contribution in [0.5, 0.6) is 0 Å². The summed E-state index contributed by atoms with van der Waals surface area (Å²) in [6.07, 6.45) is 3.37. The number of anilines is 1. The van der Waals surface area contributed by atoms with E-state index in [0.717, 1.165) is 10.5 Å². The van der Waals surface area contributed by atoms with Crippen LogP contribution in [-0.2, 0) is 14.8 Å². The van der Waals surface area contributed by atoms with Crippen molar-refractivity contribution in [3.8, 4) is 0 Å². The lowest BCUT2D eigenvalue weighted by atomic mass is 10.2. The van der Waals surface area contributed by atoms with Gasteiger partial charge in [0.15, 0.2) is 0 Å². The lowest BCUT2D eigenvalue weighted by molar-refractivity contribution is -0.384. The van der Waals surface area contributed by atoms with Gasteiger partial charge in [0.05, 0.1) is 16.0 Å². The molecule has 3 aromatic rings. The highest BCUT2D eigenvalue weighted by Crippen LogP contribution is 2.31. The van der Waals surface area contributed by atoms with Gasteiger partial charge in [0.25, 0.3) is 21.6 Å². The number of carbonyl (C=O) groups excluding carboxylic acids is 1. The summed E-state index contributed by atoms with van der Waals surface area (Å²) in [7, 11) is -4.28. The average molecular weight is 485 g/mol. The van der Waals surface area contributed by atoms with Crippen LogP contribution < -0.4 is 9.73 Å². The van der Waals surface area contributed by atoms with Gasteiger partial charge in [-0.3, -0.25) is 14.9 Å². The Morgan fingerprint density at radius 2 is 1.70 bits per heavy atom. The van der Waals surface area contributed by atoms with Crippen LogP contribution >= 0.6 is 11.8 Å². The molecule has 0 heterocycles. The molecule has 0 saturated carbocycles. The van der Waals surface area contributed by atoms with Crippen molar-refractivity contribution in [3.05, 3.63) is 94.5 Å². The van der Waals surface area contributed by atoms with Gasteiger partial charge >= 0.3 is 0 Å². The number of nitro benzene ring substituents is 1. The van der Waals surface area contributed by atoms with Crippen LogP contribution in [0.1, 0.15) is 5.56 Å². The number of thioether (sulfide) groups is 1. The van der Waals surface area contributed by atoms with Crippen LogP contribution in [0.15, 0.2) is 93.8 Å². The van der Waals surface area contributed by atoms with Crippen LogP contribution in [0.25, 0.3) is 0 Å². The summed E-state index contributed by atoms with van der Waals surface area (Å²) in [5, 5.41) is 15.4. The Hall–Kier alpha value is -3.70. The highest BCUT2D eigenvalue weighted by atomic mass is 32.2. The number of rotatable bonds is 9. The molecule has 3 rings (SSSR count). The minimum absolute atomic E-state index is 0.103. The van der Waals surface area contributed by atoms with Gasteiger partial charge in [-0.2, -0.15) is 5.10 Å². The highest BCUT2D eigenvalue weighted by Gasteiger charge is 2.31. The predicted molar refractivity (Wildman–Crippen MR) is 128 cm³/mol. The Labute approximate surface area is 195 Å². The molecule has 3 aromatic carbocycles. The van der Waals surface area contributed by atoms with E-state index >= 15 is 0 Å². The molecular formula is C22H20N4O5S2. The minimum Gasteiger partial charge on any atom is -0.271 e. The molecular weight excluding hydrogens is 464 g/mol. The monoisotopic (exact) mass is 484 g/mol. The molecule has 33 heavy (non-hydrogen) atoms. The molecule has 0 unspecified atom stereocenters. The number of nitrogens with one attached hydrogen (secondary N) is 1. The number of hydrogen-bond donors (Lipinski definition) is 1. The summed E-state index contributed by atoms with van der Waals surface area (Å²) in [5.74, 6) is -0.760. The number of sulfonamides is 1. The molecule has 1 amide bonds. The van der Waals surface area contributed by atoms with Crippen molar-refractivity contribution in [2.24, 2.45) is 5.10 Å². The molecule has 1 N–H and O–H groups in total. The predicted octanol–water partition coefficient (Wildman–Crippen LogP) is 3.66. The molecule has 0 aromatic heterocycles. The maximum absolute atomic E-state index is 13.3. The quantitative estimate of drug-likeness (QED) is 0.214. The number of hydrogen-bond acceptors (Lipinski definition) is 7. The van der Waals surface area contributed by atoms with E-state index in [0.29, 0.717) is 4.31 Å². The Kier molecular flexibility index (Phi) is 7.80. The first kappa shape index (κ1) is 24.0. The number of hydrazone groups is 1. The zero-order chi connectivity index (χ0) is 23.8. The van der Waals surface area contributed by atoms with Crippen LogP contribution in [-0.4, -0.2) is 38.3 Å². The van der Waals surface area contributed by atoms with Crippen molar-refractivity contribution in [3.63, 3.8) is 0 Å². The van der Waals surface area contributed by atoms with Crippen LogP contribution in [0.3, 0.4) is 0 Å². The molecule has 170 valence electrons. The molecule has 0 aliphatic carbocycles. The maximum atomic E-state index is 13.3. The fourth-order valence-corrected chi connectivity index (χ4v) is 4.75. The fourth-order valence-electron chi connectivity index (χ4n) is 2.88. The Morgan fingerprint density at radius 1 is 1.06 bits per heavy atom. The summed E-state index contributed by atoms with van der Waals surface area (Å²) in [6, 6.07) is 20.2. The lowest BCUT2D eigenvalue weighted by Gasteiger charge is -2.23. The fraction of sp³-hybridized carbons (Fsp3) is 0.0909. The van der Waals surface area contributed by atoms with Crippen molar-refractivity contribution in [1.29, 1.82) is 0 Å². The summed E-state index contributed by atoms with van der Waals surface area (Å²) in [6.45, 7) is -0.704. The largest absolute Gasteiger partial charge is 0.293 e. The van der Waals surface area contributed by atoms with E-state index in [2.05, 4.69) is 10.5 Å². The van der Waals surface area contributed by atoms with Gasteiger partial charge in [-0.25, -0.2) is 18.1 Å². The Bertz CT molecular complexity index is 1260. The van der Waals surface area contributed by atoms with Crippen LogP contribution in [0.2, 0.25) is 0 Å². The van der Waals surface area contributed by atoms with Crippen molar-refractivity contribution < 1.29 is 18.1 Å². The molecule has 0 atom stereocenters. The number of benzene rings is 3. The smallest absolute Gasteiger partial charge is 0.271 e. The zero-order valence-electron chi connectivity index (χ0n) is 17.5. The summed E-state index contributed by atoms with van der Waals surface area (Å²) < 4.78 is 27.3. The number of amides is 1. The van der Waals surface area contributed by atoms with E-state index in [1.54, 1.807) is 17.8 Å². The summed E-state index contributed by atoms with van der Waals surface area (Å²) in [4.78, 5) is 24.4. The minimum atomic E-state index is -4.28. The zero-order valence-corrected chi connectivity index (χ0v) is 19.1. The molecule has 0 bridgehead atoms. The number of carbonyl (C=O) groups is 1. The first-order valence-electron chi connectivity index (χ1n) is 9.60. The van der Waals surface area contributed by atoms with Gasteiger partial charge in [0.1, 0.15) is 12.2 Å². The summed E-state index contributed by atoms with van der Waals surface area (Å²) >= 11 is 1.59. The second-order valence-electron chi connectivity index (χ2n) is 6.64. The number of para-hydroxylation sites is 2. The third-order valence-electron chi connectivity index (χ3n) is 4.48. The topological polar surface area (TPSA) is 122 Å². The maximum Gasteiger partial charge on any atom is 0.293 e. The van der Waals surface area contributed by atoms with Crippen molar-refractivity contribution in [2.75, 3.05) is 17.1 Å². The first-order chi connectivity index (χ1) is 15.8.